The number of rotatable bonds is 6. The topological polar surface area (TPSA) is 89.4 Å². The third-order valence-electron chi connectivity index (χ3n) is 4.11. The summed E-state index contributed by atoms with van der Waals surface area (Å²) in [7, 11) is 1.66. The van der Waals surface area contributed by atoms with E-state index < -0.39 is 5.91 Å². The highest BCUT2D eigenvalue weighted by Crippen LogP contribution is 2.16. The Hall–Kier alpha value is -3.87. The van der Waals surface area contributed by atoms with Gasteiger partial charge >= 0.3 is 0 Å². The summed E-state index contributed by atoms with van der Waals surface area (Å²) in [5, 5.41) is 5.38. The molecule has 0 saturated carbocycles. The van der Waals surface area contributed by atoms with Crippen LogP contribution in [0, 0.1) is 0 Å². The van der Waals surface area contributed by atoms with Crippen molar-refractivity contribution in [2.24, 2.45) is 7.05 Å². The maximum atomic E-state index is 12.6. The largest absolute Gasteiger partial charge is 0.483 e. The van der Waals surface area contributed by atoms with Crippen molar-refractivity contribution >= 4 is 23.2 Å². The first-order valence-corrected chi connectivity index (χ1v) is 8.99. The predicted molar refractivity (Wildman–Crippen MR) is 111 cm³/mol. The zero-order valence-corrected chi connectivity index (χ0v) is 16.1. The van der Waals surface area contributed by atoms with Crippen LogP contribution in [-0.2, 0) is 18.4 Å². The molecular formula is C22H21N3O4. The van der Waals surface area contributed by atoms with Crippen molar-refractivity contribution in [3.05, 3.63) is 88.3 Å². The van der Waals surface area contributed by atoms with Gasteiger partial charge in [-0.1, -0.05) is 36.4 Å². The Kier molecular flexibility index (Phi) is 6.09. The third-order valence-corrected chi connectivity index (χ3v) is 4.11. The quantitative estimate of drug-likeness (QED) is 0.675. The van der Waals surface area contributed by atoms with Crippen molar-refractivity contribution in [1.29, 1.82) is 0 Å². The number of aryl methyl sites for hydroxylation is 1. The van der Waals surface area contributed by atoms with Gasteiger partial charge in [0.05, 0.1) is 6.20 Å². The highest BCUT2D eigenvalue weighted by Gasteiger charge is 2.13. The lowest BCUT2D eigenvalue weighted by molar-refractivity contribution is -0.114. The molecule has 3 aromatic rings. The molecule has 0 aliphatic rings. The fraction of sp³-hybridized carbons (Fsp3) is 0.136. The zero-order valence-electron chi connectivity index (χ0n) is 16.1. The Morgan fingerprint density at radius 2 is 1.66 bits per heavy atom. The SMILES string of the molecule is CC(=O)Nc1cccc(NC(=O)c2cc(=O)c(OCc3ccccc3)cn2C)c1. The molecule has 1 heterocycles. The van der Waals surface area contributed by atoms with E-state index in [4.69, 9.17) is 4.74 Å². The highest BCUT2D eigenvalue weighted by molar-refractivity contribution is 6.03. The molecule has 0 unspecified atom stereocenters. The smallest absolute Gasteiger partial charge is 0.272 e. The molecule has 0 bridgehead atoms. The Morgan fingerprint density at radius 1 is 0.966 bits per heavy atom. The normalized spacial score (nSPS) is 10.3. The molecule has 29 heavy (non-hydrogen) atoms. The Balaban J connectivity index is 1.73. The van der Waals surface area contributed by atoms with Gasteiger partial charge in [-0.2, -0.15) is 0 Å². The summed E-state index contributed by atoms with van der Waals surface area (Å²) < 4.78 is 7.14. The second kappa shape index (κ2) is 8.88. The maximum Gasteiger partial charge on any atom is 0.272 e. The molecule has 7 heteroatoms. The van der Waals surface area contributed by atoms with Crippen LogP contribution in [0.2, 0.25) is 0 Å². The fourth-order valence-electron chi connectivity index (χ4n) is 2.75. The standard InChI is InChI=1S/C22H21N3O4/c1-15(26)23-17-9-6-10-18(11-17)24-22(28)19-12-20(27)21(13-25(19)2)29-14-16-7-4-3-5-8-16/h3-13H,14H2,1-2H3,(H,23,26)(H,24,28). The second-order valence-electron chi connectivity index (χ2n) is 6.49. The number of benzene rings is 2. The summed E-state index contributed by atoms with van der Waals surface area (Å²) in [6, 6.07) is 17.5. The van der Waals surface area contributed by atoms with Crippen molar-refractivity contribution in [3.8, 4) is 5.75 Å². The highest BCUT2D eigenvalue weighted by atomic mass is 16.5. The number of hydrogen-bond donors (Lipinski definition) is 2. The van der Waals surface area contributed by atoms with E-state index in [0.29, 0.717) is 11.4 Å². The maximum absolute atomic E-state index is 12.6. The van der Waals surface area contributed by atoms with Crippen LogP contribution in [0.1, 0.15) is 23.0 Å². The number of ether oxygens (including phenoxy) is 1. The lowest BCUT2D eigenvalue weighted by atomic mass is 10.2. The molecule has 0 atom stereocenters. The number of amides is 2. The van der Waals surface area contributed by atoms with E-state index >= 15 is 0 Å². The summed E-state index contributed by atoms with van der Waals surface area (Å²) >= 11 is 0. The van der Waals surface area contributed by atoms with Gasteiger partial charge in [0.1, 0.15) is 12.3 Å². The average Bonchev–Trinajstić information content (AvgIpc) is 2.69. The van der Waals surface area contributed by atoms with Gasteiger partial charge in [-0.05, 0) is 23.8 Å². The molecule has 0 fully saturated rings. The first-order chi connectivity index (χ1) is 13.9. The molecule has 1 aromatic heterocycles. The molecule has 0 saturated heterocycles. The van der Waals surface area contributed by atoms with E-state index in [0.717, 1.165) is 5.56 Å². The van der Waals surface area contributed by atoms with Gasteiger partial charge in [-0.25, -0.2) is 0 Å². The minimum absolute atomic E-state index is 0.167. The molecule has 148 valence electrons. The van der Waals surface area contributed by atoms with Crippen molar-refractivity contribution in [2.75, 3.05) is 10.6 Å². The molecule has 0 aliphatic heterocycles. The molecule has 0 aliphatic carbocycles. The van der Waals surface area contributed by atoms with Crippen molar-refractivity contribution in [1.82, 2.24) is 4.57 Å². The second-order valence-corrected chi connectivity index (χ2v) is 6.49. The van der Waals surface area contributed by atoms with E-state index in [1.165, 1.54) is 23.8 Å². The van der Waals surface area contributed by atoms with E-state index in [1.807, 2.05) is 30.3 Å². The van der Waals surface area contributed by atoms with Gasteiger partial charge in [0.2, 0.25) is 11.3 Å². The minimum Gasteiger partial charge on any atom is -0.483 e. The average molecular weight is 391 g/mol. The summed E-state index contributed by atoms with van der Waals surface area (Å²) in [4.78, 5) is 36.2. The van der Waals surface area contributed by atoms with Gasteiger partial charge in [-0.3, -0.25) is 14.4 Å². The zero-order chi connectivity index (χ0) is 20.8. The molecular weight excluding hydrogens is 370 g/mol. The van der Waals surface area contributed by atoms with E-state index in [9.17, 15) is 14.4 Å². The van der Waals surface area contributed by atoms with Crippen molar-refractivity contribution in [3.63, 3.8) is 0 Å². The Labute approximate surface area is 167 Å². The van der Waals surface area contributed by atoms with Crippen LogP contribution in [-0.4, -0.2) is 16.4 Å². The first-order valence-electron chi connectivity index (χ1n) is 8.99. The molecule has 2 amide bonds. The first kappa shape index (κ1) is 19.9. The number of carbonyl (C=O) groups is 2. The number of carbonyl (C=O) groups excluding carboxylic acids is 2. The summed E-state index contributed by atoms with van der Waals surface area (Å²) in [6.07, 6.45) is 1.49. The van der Waals surface area contributed by atoms with Crippen LogP contribution in [0.25, 0.3) is 0 Å². The van der Waals surface area contributed by atoms with Gasteiger partial charge in [0.15, 0.2) is 5.75 Å². The van der Waals surface area contributed by atoms with Crippen LogP contribution in [0.5, 0.6) is 5.75 Å². The number of nitrogens with zero attached hydrogens (tertiary/aromatic N) is 1. The van der Waals surface area contributed by atoms with E-state index in [2.05, 4.69) is 10.6 Å². The van der Waals surface area contributed by atoms with Gasteiger partial charge < -0.3 is 19.9 Å². The molecule has 2 N–H and O–H groups in total. The fourth-order valence-corrected chi connectivity index (χ4v) is 2.75. The Morgan fingerprint density at radius 3 is 2.34 bits per heavy atom. The summed E-state index contributed by atoms with van der Waals surface area (Å²) in [6.45, 7) is 1.67. The number of anilines is 2. The minimum atomic E-state index is -0.445. The monoisotopic (exact) mass is 391 g/mol. The van der Waals surface area contributed by atoms with Crippen LogP contribution < -0.4 is 20.8 Å². The van der Waals surface area contributed by atoms with Crippen LogP contribution in [0.15, 0.2) is 71.7 Å². The Bertz CT molecular complexity index is 1090. The number of aromatic nitrogens is 1. The predicted octanol–water partition coefficient (Wildman–Crippen LogP) is 3.18. The molecule has 7 nitrogen and oxygen atoms in total. The van der Waals surface area contributed by atoms with Gasteiger partial charge in [0, 0.05) is 31.4 Å². The van der Waals surface area contributed by atoms with Crippen LogP contribution in [0.3, 0.4) is 0 Å². The lowest BCUT2D eigenvalue weighted by Gasteiger charge is -2.12. The third kappa shape index (κ3) is 5.32. The van der Waals surface area contributed by atoms with Crippen molar-refractivity contribution < 1.29 is 14.3 Å². The van der Waals surface area contributed by atoms with Gasteiger partial charge in [0.25, 0.3) is 5.91 Å². The van der Waals surface area contributed by atoms with Crippen molar-refractivity contribution in [2.45, 2.75) is 13.5 Å². The van der Waals surface area contributed by atoms with Crippen LogP contribution in [0.4, 0.5) is 11.4 Å². The number of hydrogen-bond acceptors (Lipinski definition) is 4. The number of pyridine rings is 1. The molecule has 2 aromatic carbocycles. The number of nitrogens with one attached hydrogen (secondary N) is 2. The summed E-state index contributed by atoms with van der Waals surface area (Å²) in [5.41, 5.74) is 1.81. The summed E-state index contributed by atoms with van der Waals surface area (Å²) in [5.74, 6) is -0.485. The molecule has 0 spiro atoms. The van der Waals surface area contributed by atoms with E-state index in [1.54, 1.807) is 31.3 Å². The van der Waals surface area contributed by atoms with Gasteiger partial charge in [-0.15, -0.1) is 0 Å². The van der Waals surface area contributed by atoms with E-state index in [-0.39, 0.29) is 29.4 Å². The molecule has 0 radical (unpaired) electrons. The molecule has 3 rings (SSSR count). The van der Waals surface area contributed by atoms with Crippen LogP contribution >= 0.6 is 0 Å². The lowest BCUT2D eigenvalue weighted by Crippen LogP contribution is -2.21.